The third kappa shape index (κ3) is 5.23. The van der Waals surface area contributed by atoms with Gasteiger partial charge in [0.25, 0.3) is 0 Å². The minimum absolute atomic E-state index is 0. The molecular formula is C17H26BrIN4O. The van der Waals surface area contributed by atoms with E-state index in [0.29, 0.717) is 11.9 Å². The molecule has 24 heavy (non-hydrogen) atoms. The van der Waals surface area contributed by atoms with Crippen LogP contribution in [0.1, 0.15) is 13.3 Å². The largest absolute Gasteiger partial charge is 0.375 e. The van der Waals surface area contributed by atoms with Gasteiger partial charge >= 0.3 is 0 Å². The fraction of sp³-hybridized carbons (Fsp3) is 0.588. The number of halogens is 2. The molecule has 0 saturated carbocycles. The van der Waals surface area contributed by atoms with Gasteiger partial charge in [-0.25, -0.2) is 0 Å². The van der Waals surface area contributed by atoms with E-state index >= 15 is 0 Å². The van der Waals surface area contributed by atoms with Crippen molar-refractivity contribution in [2.45, 2.75) is 19.4 Å². The van der Waals surface area contributed by atoms with Gasteiger partial charge in [-0.05, 0) is 37.5 Å². The van der Waals surface area contributed by atoms with Crippen molar-refractivity contribution in [3.05, 3.63) is 28.7 Å². The van der Waals surface area contributed by atoms with E-state index in [4.69, 9.17) is 10.5 Å². The predicted octanol–water partition coefficient (Wildman–Crippen LogP) is 2.93. The molecule has 2 heterocycles. The zero-order valence-electron chi connectivity index (χ0n) is 14.0. The highest BCUT2D eigenvalue weighted by Gasteiger charge is 2.23. The molecule has 2 saturated heterocycles. The Morgan fingerprint density at radius 3 is 2.96 bits per heavy atom. The molecule has 0 aromatic heterocycles. The van der Waals surface area contributed by atoms with E-state index in [0.717, 1.165) is 43.8 Å². The maximum atomic E-state index is 6.15. The predicted molar refractivity (Wildman–Crippen MR) is 113 cm³/mol. The summed E-state index contributed by atoms with van der Waals surface area (Å²) < 4.78 is 6.67. The molecule has 0 spiro atoms. The minimum Gasteiger partial charge on any atom is -0.375 e. The Labute approximate surface area is 169 Å². The zero-order valence-corrected chi connectivity index (χ0v) is 17.9. The van der Waals surface area contributed by atoms with Gasteiger partial charge in [-0.2, -0.15) is 0 Å². The summed E-state index contributed by atoms with van der Waals surface area (Å²) in [4.78, 5) is 9.20. The summed E-state index contributed by atoms with van der Waals surface area (Å²) in [5.41, 5.74) is 7.43. The second kappa shape index (κ2) is 9.24. The first-order valence-electron chi connectivity index (χ1n) is 8.29. The van der Waals surface area contributed by atoms with Gasteiger partial charge in [0.2, 0.25) is 0 Å². The van der Waals surface area contributed by atoms with Crippen LogP contribution in [0.4, 0.5) is 5.69 Å². The Bertz CT molecular complexity index is 571. The Morgan fingerprint density at radius 1 is 1.38 bits per heavy atom. The number of nitrogens with zero attached hydrogens (tertiary/aromatic N) is 3. The van der Waals surface area contributed by atoms with Crippen LogP contribution in [0.3, 0.4) is 0 Å². The summed E-state index contributed by atoms with van der Waals surface area (Å²) in [7, 11) is 0. The fourth-order valence-electron chi connectivity index (χ4n) is 3.24. The SMILES string of the molecule is CC1CN(C(N)=NCC2CCN(c3cccc(Br)c3)C2)CCO1.I. The molecule has 1 aromatic rings. The molecule has 0 amide bonds. The number of guanidine groups is 1. The summed E-state index contributed by atoms with van der Waals surface area (Å²) in [5, 5.41) is 0. The minimum atomic E-state index is 0. The molecule has 2 atom stereocenters. The van der Waals surface area contributed by atoms with Gasteiger partial charge in [0.1, 0.15) is 0 Å². The van der Waals surface area contributed by atoms with E-state index in [1.54, 1.807) is 0 Å². The number of aliphatic imine (C=N–C) groups is 1. The maximum absolute atomic E-state index is 6.15. The number of hydrogen-bond donors (Lipinski definition) is 1. The van der Waals surface area contributed by atoms with Gasteiger partial charge in [0.15, 0.2) is 5.96 Å². The number of nitrogens with two attached hydrogens (primary N) is 1. The number of morpholine rings is 1. The van der Waals surface area contributed by atoms with Crippen molar-refractivity contribution in [2.75, 3.05) is 44.2 Å². The van der Waals surface area contributed by atoms with Gasteiger partial charge in [-0.15, -0.1) is 24.0 Å². The van der Waals surface area contributed by atoms with Crippen LogP contribution in [-0.4, -0.2) is 56.3 Å². The van der Waals surface area contributed by atoms with Gasteiger partial charge < -0.3 is 20.3 Å². The van der Waals surface area contributed by atoms with Gasteiger partial charge in [-0.1, -0.05) is 22.0 Å². The summed E-state index contributed by atoms with van der Waals surface area (Å²) >= 11 is 3.54. The topological polar surface area (TPSA) is 54.1 Å². The lowest BCUT2D eigenvalue weighted by Gasteiger charge is -2.32. The van der Waals surface area contributed by atoms with Crippen LogP contribution < -0.4 is 10.6 Å². The van der Waals surface area contributed by atoms with Crippen LogP contribution in [0.15, 0.2) is 33.7 Å². The summed E-state index contributed by atoms with van der Waals surface area (Å²) in [5.74, 6) is 1.24. The molecular weight excluding hydrogens is 483 g/mol. The van der Waals surface area contributed by atoms with Crippen molar-refractivity contribution in [2.24, 2.45) is 16.6 Å². The number of ether oxygens (including phenoxy) is 1. The lowest BCUT2D eigenvalue weighted by Crippen LogP contribution is -2.48. The number of hydrogen-bond acceptors (Lipinski definition) is 3. The van der Waals surface area contributed by atoms with Crippen LogP contribution >= 0.6 is 39.9 Å². The molecule has 2 N–H and O–H groups in total. The van der Waals surface area contributed by atoms with Crippen LogP contribution in [-0.2, 0) is 4.74 Å². The standard InChI is InChI=1S/C17H25BrN4O.HI/c1-13-11-22(7-8-23-13)17(19)20-10-14-5-6-21(12-14)16-4-2-3-15(18)9-16;/h2-4,9,13-14H,5-8,10-12H2,1H3,(H2,19,20);1H. The van der Waals surface area contributed by atoms with Crippen molar-refractivity contribution in [1.82, 2.24) is 4.90 Å². The number of rotatable bonds is 3. The fourth-order valence-corrected chi connectivity index (χ4v) is 3.63. The average Bonchev–Trinajstić information content (AvgIpc) is 3.01. The molecule has 5 nitrogen and oxygen atoms in total. The number of benzene rings is 1. The first kappa shape index (κ1) is 19.8. The van der Waals surface area contributed by atoms with Gasteiger partial charge in [0.05, 0.1) is 12.7 Å². The molecule has 2 aliphatic heterocycles. The molecule has 0 radical (unpaired) electrons. The molecule has 3 rings (SSSR count). The van der Waals surface area contributed by atoms with Gasteiger partial charge in [-0.3, -0.25) is 4.99 Å². The van der Waals surface area contributed by atoms with Crippen LogP contribution in [0, 0.1) is 5.92 Å². The second-order valence-electron chi connectivity index (χ2n) is 6.41. The summed E-state index contributed by atoms with van der Waals surface area (Å²) in [6.07, 6.45) is 1.40. The summed E-state index contributed by atoms with van der Waals surface area (Å²) in [6, 6.07) is 8.49. The molecule has 2 aliphatic rings. The Kier molecular flexibility index (Phi) is 7.61. The van der Waals surface area contributed by atoms with E-state index in [1.165, 1.54) is 12.1 Å². The molecule has 7 heteroatoms. The monoisotopic (exact) mass is 508 g/mol. The Hall–Kier alpha value is -0.540. The lowest BCUT2D eigenvalue weighted by atomic mass is 10.1. The van der Waals surface area contributed by atoms with Crippen LogP contribution in [0.25, 0.3) is 0 Å². The molecule has 0 bridgehead atoms. The summed E-state index contributed by atoms with van der Waals surface area (Å²) in [6.45, 7) is 7.43. The van der Waals surface area contributed by atoms with Crippen molar-refractivity contribution >= 4 is 51.6 Å². The first-order valence-corrected chi connectivity index (χ1v) is 9.08. The Balaban J connectivity index is 0.00000208. The third-order valence-corrected chi connectivity index (χ3v) is 5.03. The van der Waals surface area contributed by atoms with E-state index < -0.39 is 0 Å². The molecule has 0 aliphatic carbocycles. The van der Waals surface area contributed by atoms with E-state index in [2.05, 4.69) is 61.9 Å². The molecule has 2 fully saturated rings. The number of anilines is 1. The highest BCUT2D eigenvalue weighted by molar-refractivity contribution is 14.0. The second-order valence-corrected chi connectivity index (χ2v) is 7.32. The van der Waals surface area contributed by atoms with Crippen molar-refractivity contribution < 1.29 is 4.74 Å². The van der Waals surface area contributed by atoms with Gasteiger partial charge in [0, 0.05) is 42.9 Å². The quantitative estimate of drug-likeness (QED) is 0.387. The van der Waals surface area contributed by atoms with E-state index in [9.17, 15) is 0 Å². The van der Waals surface area contributed by atoms with Crippen molar-refractivity contribution in [3.63, 3.8) is 0 Å². The van der Waals surface area contributed by atoms with Crippen LogP contribution in [0.5, 0.6) is 0 Å². The van der Waals surface area contributed by atoms with Crippen molar-refractivity contribution in [1.29, 1.82) is 0 Å². The average molecular weight is 509 g/mol. The normalized spacial score (nSPS) is 24.8. The Morgan fingerprint density at radius 2 is 2.21 bits per heavy atom. The van der Waals surface area contributed by atoms with E-state index in [-0.39, 0.29) is 30.1 Å². The zero-order chi connectivity index (χ0) is 16.2. The highest BCUT2D eigenvalue weighted by Crippen LogP contribution is 2.26. The highest BCUT2D eigenvalue weighted by atomic mass is 127. The maximum Gasteiger partial charge on any atom is 0.191 e. The molecule has 2 unspecified atom stereocenters. The first-order chi connectivity index (χ1) is 11.1. The third-order valence-electron chi connectivity index (χ3n) is 4.54. The molecule has 134 valence electrons. The van der Waals surface area contributed by atoms with Crippen molar-refractivity contribution in [3.8, 4) is 0 Å². The van der Waals surface area contributed by atoms with Crippen LogP contribution in [0.2, 0.25) is 0 Å². The smallest absolute Gasteiger partial charge is 0.191 e. The van der Waals surface area contributed by atoms with E-state index in [1.807, 2.05) is 0 Å². The molecule has 1 aromatic carbocycles. The lowest BCUT2D eigenvalue weighted by molar-refractivity contribution is 0.00528.